The number of aromatic amines is 1. The van der Waals surface area contributed by atoms with Gasteiger partial charge in [-0.15, -0.1) is 0 Å². The Hall–Kier alpha value is -2.88. The number of hydrogen-bond donors (Lipinski definition) is 2. The Morgan fingerprint density at radius 1 is 1.40 bits per heavy atom. The zero-order chi connectivity index (χ0) is 21.1. The minimum absolute atomic E-state index is 0.178. The molecule has 2 aliphatic heterocycles. The minimum atomic E-state index is -0.701. The molecular formula is C20H24N4O5S. The number of H-pyrrole nitrogens is 1. The number of thioether (sulfide) groups is 1. The average Bonchev–Trinajstić information content (AvgIpc) is 3.43. The molecule has 10 heteroatoms. The lowest BCUT2D eigenvalue weighted by molar-refractivity contribution is -0.142. The zero-order valence-electron chi connectivity index (χ0n) is 16.8. The third-order valence-electron chi connectivity index (χ3n) is 5.29. The van der Waals surface area contributed by atoms with E-state index >= 15 is 0 Å². The third-order valence-corrected chi connectivity index (χ3v) is 5.94. The van der Waals surface area contributed by atoms with Gasteiger partial charge in [0.05, 0.1) is 19.1 Å². The first-order valence-corrected chi connectivity index (χ1v) is 11.1. The molecule has 2 amide bonds. The van der Waals surface area contributed by atoms with Crippen LogP contribution < -0.4 is 14.8 Å². The van der Waals surface area contributed by atoms with Crippen LogP contribution in [0.25, 0.3) is 0 Å². The number of imidazole rings is 1. The molecule has 4 rings (SSSR count). The Bertz CT molecular complexity index is 934. The maximum atomic E-state index is 13.2. The van der Waals surface area contributed by atoms with Crippen molar-refractivity contribution in [2.45, 2.75) is 24.9 Å². The molecule has 0 bridgehead atoms. The summed E-state index contributed by atoms with van der Waals surface area (Å²) in [6, 6.07) is 4.19. The highest BCUT2D eigenvalue weighted by atomic mass is 32.2. The standard InChI is InChI=1S/C20H24N4O5S/c1-27-19(25)14(6-8-30-2)23-20(26)24-7-5-13-17(22-10-21-13)18(24)12-3-4-15-16(9-12)29-11-28-15/h3-4,9-10,14,18H,5-8,11H2,1-2H3,(H,21,22)(H,23,26)/t14-,18-/m0/s1. The van der Waals surface area contributed by atoms with E-state index in [1.807, 2.05) is 24.5 Å². The van der Waals surface area contributed by atoms with Crippen molar-refractivity contribution in [2.24, 2.45) is 0 Å². The Kier molecular flexibility index (Phi) is 6.03. The van der Waals surface area contributed by atoms with Gasteiger partial charge in [-0.3, -0.25) is 0 Å². The summed E-state index contributed by atoms with van der Waals surface area (Å²) in [5.74, 6) is 1.60. The summed E-state index contributed by atoms with van der Waals surface area (Å²) in [6.45, 7) is 0.661. The summed E-state index contributed by atoms with van der Waals surface area (Å²) in [5, 5.41) is 2.85. The summed E-state index contributed by atoms with van der Waals surface area (Å²) in [7, 11) is 1.33. The lowest BCUT2D eigenvalue weighted by atomic mass is 9.95. The number of carbonyl (C=O) groups is 2. The number of amides is 2. The van der Waals surface area contributed by atoms with Crippen LogP contribution >= 0.6 is 11.8 Å². The lowest BCUT2D eigenvalue weighted by Gasteiger charge is -2.36. The summed E-state index contributed by atoms with van der Waals surface area (Å²) in [5.41, 5.74) is 2.64. The van der Waals surface area contributed by atoms with Crippen LogP contribution in [0.5, 0.6) is 11.5 Å². The van der Waals surface area contributed by atoms with Gasteiger partial charge < -0.3 is 29.4 Å². The molecule has 30 heavy (non-hydrogen) atoms. The first kappa shape index (κ1) is 20.4. The highest BCUT2D eigenvalue weighted by molar-refractivity contribution is 7.98. The predicted molar refractivity (Wildman–Crippen MR) is 111 cm³/mol. The first-order chi connectivity index (χ1) is 14.6. The minimum Gasteiger partial charge on any atom is -0.467 e. The molecule has 2 aliphatic rings. The fourth-order valence-corrected chi connectivity index (χ4v) is 4.25. The van der Waals surface area contributed by atoms with Crippen LogP contribution in [-0.4, -0.2) is 65.4 Å². The summed E-state index contributed by atoms with van der Waals surface area (Å²) in [4.78, 5) is 34.8. The molecule has 0 radical (unpaired) electrons. The molecule has 0 saturated carbocycles. The smallest absolute Gasteiger partial charge is 0.328 e. The van der Waals surface area contributed by atoms with Crippen molar-refractivity contribution in [3.8, 4) is 11.5 Å². The number of ether oxygens (including phenoxy) is 3. The SMILES string of the molecule is COC(=O)[C@H](CCSC)NC(=O)N1CCc2[nH]cnc2[C@@H]1c1ccc2c(c1)OCO2. The molecule has 1 aromatic carbocycles. The molecule has 160 valence electrons. The van der Waals surface area contributed by atoms with E-state index in [-0.39, 0.29) is 12.8 Å². The van der Waals surface area contributed by atoms with E-state index < -0.39 is 18.1 Å². The number of benzene rings is 1. The van der Waals surface area contributed by atoms with Crippen molar-refractivity contribution < 1.29 is 23.8 Å². The Morgan fingerprint density at radius 3 is 3.03 bits per heavy atom. The Labute approximate surface area is 178 Å². The van der Waals surface area contributed by atoms with E-state index in [9.17, 15) is 9.59 Å². The van der Waals surface area contributed by atoms with E-state index in [0.717, 1.165) is 22.7 Å². The van der Waals surface area contributed by atoms with E-state index in [4.69, 9.17) is 14.2 Å². The zero-order valence-corrected chi connectivity index (χ0v) is 17.7. The highest BCUT2D eigenvalue weighted by Gasteiger charge is 2.36. The topological polar surface area (TPSA) is 106 Å². The number of urea groups is 1. The average molecular weight is 433 g/mol. The number of nitrogens with zero attached hydrogens (tertiary/aromatic N) is 2. The van der Waals surface area contributed by atoms with Crippen molar-refractivity contribution in [3.63, 3.8) is 0 Å². The predicted octanol–water partition coefficient (Wildman–Crippen LogP) is 2.09. The second-order valence-corrected chi connectivity index (χ2v) is 8.02. The van der Waals surface area contributed by atoms with Crippen LogP contribution in [0.4, 0.5) is 4.79 Å². The summed E-state index contributed by atoms with van der Waals surface area (Å²) < 4.78 is 15.8. The number of fused-ring (bicyclic) bond motifs is 2. The van der Waals surface area contributed by atoms with Crippen LogP contribution in [-0.2, 0) is 16.0 Å². The van der Waals surface area contributed by atoms with Gasteiger partial charge in [-0.1, -0.05) is 6.07 Å². The number of hydrogen-bond acceptors (Lipinski definition) is 7. The van der Waals surface area contributed by atoms with Gasteiger partial charge in [0.2, 0.25) is 6.79 Å². The molecule has 0 saturated heterocycles. The number of esters is 1. The molecule has 0 unspecified atom stereocenters. The van der Waals surface area contributed by atoms with E-state index in [0.29, 0.717) is 30.9 Å². The number of nitrogens with one attached hydrogen (secondary N) is 2. The molecule has 0 aliphatic carbocycles. The monoisotopic (exact) mass is 432 g/mol. The van der Waals surface area contributed by atoms with Crippen molar-refractivity contribution in [3.05, 3.63) is 41.5 Å². The van der Waals surface area contributed by atoms with Gasteiger partial charge in [0.1, 0.15) is 12.1 Å². The van der Waals surface area contributed by atoms with Crippen molar-refractivity contribution in [1.82, 2.24) is 20.2 Å². The molecule has 0 spiro atoms. The fraction of sp³-hybridized carbons (Fsp3) is 0.450. The van der Waals surface area contributed by atoms with E-state index in [1.54, 1.807) is 23.0 Å². The largest absolute Gasteiger partial charge is 0.467 e. The van der Waals surface area contributed by atoms with Crippen molar-refractivity contribution >= 4 is 23.8 Å². The van der Waals surface area contributed by atoms with Gasteiger partial charge in [0, 0.05) is 18.7 Å². The molecule has 3 heterocycles. The maximum absolute atomic E-state index is 13.2. The maximum Gasteiger partial charge on any atom is 0.328 e. The normalized spacial score (nSPS) is 17.9. The van der Waals surface area contributed by atoms with Gasteiger partial charge in [0.15, 0.2) is 11.5 Å². The molecular weight excluding hydrogens is 408 g/mol. The van der Waals surface area contributed by atoms with Gasteiger partial charge in [-0.05, 0) is 36.1 Å². The summed E-state index contributed by atoms with van der Waals surface area (Å²) in [6.07, 6.45) is 4.74. The van der Waals surface area contributed by atoms with Crippen LogP contribution in [0.15, 0.2) is 24.5 Å². The number of methoxy groups -OCH3 is 1. The second-order valence-electron chi connectivity index (χ2n) is 7.03. The molecule has 2 N–H and O–H groups in total. The highest BCUT2D eigenvalue weighted by Crippen LogP contribution is 2.39. The van der Waals surface area contributed by atoms with Crippen molar-refractivity contribution in [2.75, 3.05) is 32.5 Å². The van der Waals surface area contributed by atoms with Crippen molar-refractivity contribution in [1.29, 1.82) is 0 Å². The Morgan fingerprint density at radius 2 is 2.23 bits per heavy atom. The third kappa shape index (κ3) is 3.91. The lowest BCUT2D eigenvalue weighted by Crippen LogP contribution is -2.51. The number of rotatable bonds is 6. The number of aromatic nitrogens is 2. The van der Waals surface area contributed by atoms with Crippen LogP contribution in [0, 0.1) is 0 Å². The summed E-state index contributed by atoms with van der Waals surface area (Å²) >= 11 is 1.61. The first-order valence-electron chi connectivity index (χ1n) is 9.68. The second kappa shape index (κ2) is 8.86. The van der Waals surface area contributed by atoms with Crippen LogP contribution in [0.3, 0.4) is 0 Å². The van der Waals surface area contributed by atoms with E-state index in [1.165, 1.54) is 7.11 Å². The van der Waals surface area contributed by atoms with Gasteiger partial charge in [-0.2, -0.15) is 11.8 Å². The molecule has 2 atom stereocenters. The van der Waals surface area contributed by atoms with Crippen LogP contribution in [0.2, 0.25) is 0 Å². The van der Waals surface area contributed by atoms with Gasteiger partial charge in [0.25, 0.3) is 0 Å². The quantitative estimate of drug-likeness (QED) is 0.673. The Balaban J connectivity index is 1.62. The molecule has 9 nitrogen and oxygen atoms in total. The van der Waals surface area contributed by atoms with Gasteiger partial charge >= 0.3 is 12.0 Å². The van der Waals surface area contributed by atoms with Crippen LogP contribution in [0.1, 0.15) is 29.4 Å². The van der Waals surface area contributed by atoms with E-state index in [2.05, 4.69) is 15.3 Å². The fourth-order valence-electron chi connectivity index (χ4n) is 3.78. The molecule has 1 aromatic heterocycles. The molecule has 2 aromatic rings. The molecule has 0 fully saturated rings. The van der Waals surface area contributed by atoms with Gasteiger partial charge in [-0.25, -0.2) is 14.6 Å². The number of carbonyl (C=O) groups excluding carboxylic acids is 2.